The van der Waals surface area contributed by atoms with Crippen molar-refractivity contribution >= 4 is 27.3 Å². The fourth-order valence-electron chi connectivity index (χ4n) is 2.87. The first kappa shape index (κ1) is 17.5. The molecule has 130 valence electrons. The smallest absolute Gasteiger partial charge is 0.262 e. The molecule has 0 saturated carbocycles. The van der Waals surface area contributed by atoms with Gasteiger partial charge >= 0.3 is 0 Å². The van der Waals surface area contributed by atoms with E-state index in [0.717, 1.165) is 34.5 Å². The number of Topliss-reactive ketones (excluding diaryl/α,β-unsaturated/α-hetero) is 1. The van der Waals surface area contributed by atoms with E-state index >= 15 is 0 Å². The normalized spacial score (nSPS) is 11.2. The Hall–Kier alpha value is -2.27. The van der Waals surface area contributed by atoms with Crippen LogP contribution in [0.25, 0.3) is 10.2 Å². The predicted octanol–water partition coefficient (Wildman–Crippen LogP) is 4.30. The molecule has 0 bridgehead atoms. The van der Waals surface area contributed by atoms with Crippen molar-refractivity contribution in [3.63, 3.8) is 0 Å². The van der Waals surface area contributed by atoms with E-state index < -0.39 is 0 Å². The number of fused-ring (bicyclic) bond motifs is 1. The minimum absolute atomic E-state index is 0.0183. The Morgan fingerprint density at radius 1 is 1.20 bits per heavy atom. The molecule has 0 radical (unpaired) electrons. The van der Waals surface area contributed by atoms with Gasteiger partial charge in [0.15, 0.2) is 5.78 Å². The maximum atomic E-state index is 12.7. The van der Waals surface area contributed by atoms with Gasteiger partial charge in [0.2, 0.25) is 0 Å². The summed E-state index contributed by atoms with van der Waals surface area (Å²) in [5, 5.41) is 0.632. The summed E-state index contributed by atoms with van der Waals surface area (Å²) < 4.78 is 1.41. The number of unbranched alkanes of at least 4 members (excludes halogenated alkanes) is 1. The summed E-state index contributed by atoms with van der Waals surface area (Å²) in [7, 11) is 0. The maximum absolute atomic E-state index is 12.7. The first-order chi connectivity index (χ1) is 12.0. The average molecular weight is 354 g/mol. The molecule has 0 aliphatic carbocycles. The van der Waals surface area contributed by atoms with Gasteiger partial charge in [-0.05, 0) is 37.8 Å². The number of carbonyl (C=O) groups excluding carboxylic acids is 1. The van der Waals surface area contributed by atoms with Crippen LogP contribution in [0.4, 0.5) is 0 Å². The highest BCUT2D eigenvalue weighted by Crippen LogP contribution is 2.25. The Morgan fingerprint density at radius 2 is 1.92 bits per heavy atom. The topological polar surface area (TPSA) is 52.0 Å². The molecule has 3 rings (SSSR count). The van der Waals surface area contributed by atoms with Crippen molar-refractivity contribution in [2.24, 2.45) is 0 Å². The van der Waals surface area contributed by atoms with E-state index in [1.165, 1.54) is 27.8 Å². The van der Waals surface area contributed by atoms with Crippen LogP contribution in [0.3, 0.4) is 0 Å². The standard InChI is InChI=1S/C20H22N2O2S/c1-4-5-6-15-7-9-16(10-8-15)17(23)11-22-12-21-19-18(20(22)24)13(2)14(3)25-19/h7-10,12H,4-6,11H2,1-3H3. The third kappa shape index (κ3) is 3.56. The monoisotopic (exact) mass is 354 g/mol. The number of benzene rings is 1. The van der Waals surface area contributed by atoms with Gasteiger partial charge in [-0.3, -0.25) is 14.2 Å². The van der Waals surface area contributed by atoms with Gasteiger partial charge in [-0.15, -0.1) is 11.3 Å². The Balaban J connectivity index is 1.83. The van der Waals surface area contributed by atoms with E-state index in [1.54, 1.807) is 0 Å². The summed E-state index contributed by atoms with van der Waals surface area (Å²) in [5.41, 5.74) is 2.69. The summed E-state index contributed by atoms with van der Waals surface area (Å²) in [6.07, 6.45) is 4.81. The van der Waals surface area contributed by atoms with E-state index in [-0.39, 0.29) is 17.9 Å². The molecule has 2 aromatic heterocycles. The third-order valence-electron chi connectivity index (χ3n) is 4.56. The number of hydrogen-bond acceptors (Lipinski definition) is 4. The van der Waals surface area contributed by atoms with Crippen LogP contribution in [0, 0.1) is 13.8 Å². The first-order valence-electron chi connectivity index (χ1n) is 8.58. The van der Waals surface area contributed by atoms with Crippen LogP contribution < -0.4 is 5.56 Å². The molecule has 2 heterocycles. The highest BCUT2D eigenvalue weighted by atomic mass is 32.1. The number of aryl methyl sites for hydroxylation is 3. The van der Waals surface area contributed by atoms with Crippen molar-refractivity contribution in [2.75, 3.05) is 0 Å². The molecule has 5 heteroatoms. The second-order valence-electron chi connectivity index (χ2n) is 6.36. The van der Waals surface area contributed by atoms with Crippen LogP contribution in [-0.2, 0) is 13.0 Å². The molecule has 0 unspecified atom stereocenters. The quantitative estimate of drug-likeness (QED) is 0.620. The summed E-state index contributed by atoms with van der Waals surface area (Å²) >= 11 is 1.52. The van der Waals surface area contributed by atoms with Gasteiger partial charge < -0.3 is 0 Å². The average Bonchev–Trinajstić information content (AvgIpc) is 2.91. The number of rotatable bonds is 6. The Morgan fingerprint density at radius 3 is 2.60 bits per heavy atom. The van der Waals surface area contributed by atoms with Crippen LogP contribution in [0.2, 0.25) is 0 Å². The largest absolute Gasteiger partial charge is 0.292 e. The molecular formula is C20H22N2O2S. The predicted molar refractivity (Wildman–Crippen MR) is 103 cm³/mol. The zero-order chi connectivity index (χ0) is 18.0. The van der Waals surface area contributed by atoms with Gasteiger partial charge in [0.25, 0.3) is 5.56 Å². The van der Waals surface area contributed by atoms with Crippen LogP contribution in [0.5, 0.6) is 0 Å². The Labute approximate surface area is 151 Å². The van der Waals surface area contributed by atoms with E-state index in [0.29, 0.717) is 10.9 Å². The van der Waals surface area contributed by atoms with Gasteiger partial charge in [0, 0.05) is 10.4 Å². The van der Waals surface area contributed by atoms with E-state index in [9.17, 15) is 9.59 Å². The molecule has 0 saturated heterocycles. The lowest BCUT2D eigenvalue weighted by Gasteiger charge is -2.06. The molecule has 0 amide bonds. The summed E-state index contributed by atoms with van der Waals surface area (Å²) in [5.74, 6) is -0.0742. The molecule has 4 nitrogen and oxygen atoms in total. The molecule has 0 aliphatic rings. The molecular weight excluding hydrogens is 332 g/mol. The summed E-state index contributed by atoms with van der Waals surface area (Å²) in [6, 6.07) is 7.70. The highest BCUT2D eigenvalue weighted by Gasteiger charge is 2.14. The van der Waals surface area contributed by atoms with Gasteiger partial charge in [0.05, 0.1) is 18.3 Å². The van der Waals surface area contributed by atoms with Gasteiger partial charge in [-0.2, -0.15) is 0 Å². The van der Waals surface area contributed by atoms with E-state index in [2.05, 4.69) is 11.9 Å². The van der Waals surface area contributed by atoms with Crippen molar-refractivity contribution in [2.45, 2.75) is 46.6 Å². The van der Waals surface area contributed by atoms with Crippen molar-refractivity contribution in [3.05, 3.63) is 62.5 Å². The minimum Gasteiger partial charge on any atom is -0.292 e. The second kappa shape index (κ2) is 7.31. The number of ketones is 1. The number of aromatic nitrogens is 2. The van der Waals surface area contributed by atoms with E-state index in [4.69, 9.17) is 0 Å². The van der Waals surface area contributed by atoms with Crippen molar-refractivity contribution < 1.29 is 4.79 Å². The zero-order valence-corrected chi connectivity index (χ0v) is 15.7. The third-order valence-corrected chi connectivity index (χ3v) is 5.68. The number of thiophene rings is 1. The SMILES string of the molecule is CCCCc1ccc(C(=O)Cn2cnc3sc(C)c(C)c3c2=O)cc1. The van der Waals surface area contributed by atoms with Crippen LogP contribution in [0.1, 0.15) is 46.1 Å². The summed E-state index contributed by atoms with van der Waals surface area (Å²) in [4.78, 5) is 31.4. The molecule has 25 heavy (non-hydrogen) atoms. The zero-order valence-electron chi connectivity index (χ0n) is 14.8. The molecule has 0 N–H and O–H groups in total. The maximum Gasteiger partial charge on any atom is 0.262 e. The molecule has 1 aromatic carbocycles. The van der Waals surface area contributed by atoms with Crippen LogP contribution in [0.15, 0.2) is 35.4 Å². The van der Waals surface area contributed by atoms with E-state index in [1.807, 2.05) is 38.1 Å². The molecule has 3 aromatic rings. The van der Waals surface area contributed by atoms with Crippen molar-refractivity contribution in [3.8, 4) is 0 Å². The highest BCUT2D eigenvalue weighted by molar-refractivity contribution is 7.18. The van der Waals surface area contributed by atoms with Crippen LogP contribution in [-0.4, -0.2) is 15.3 Å². The van der Waals surface area contributed by atoms with Gasteiger partial charge in [-0.25, -0.2) is 4.98 Å². The lowest BCUT2D eigenvalue weighted by molar-refractivity contribution is 0.0970. The lowest BCUT2D eigenvalue weighted by atomic mass is 10.0. The van der Waals surface area contributed by atoms with Gasteiger partial charge in [0.1, 0.15) is 4.83 Å². The Bertz CT molecular complexity index is 968. The minimum atomic E-state index is -0.139. The number of nitrogens with zero attached hydrogens (tertiary/aromatic N) is 2. The summed E-state index contributed by atoms with van der Waals surface area (Å²) in [6.45, 7) is 6.09. The second-order valence-corrected chi connectivity index (χ2v) is 7.57. The van der Waals surface area contributed by atoms with Crippen molar-refractivity contribution in [1.29, 1.82) is 0 Å². The van der Waals surface area contributed by atoms with Crippen molar-refractivity contribution in [1.82, 2.24) is 9.55 Å². The first-order valence-corrected chi connectivity index (χ1v) is 9.40. The molecule has 0 fully saturated rings. The number of hydrogen-bond donors (Lipinski definition) is 0. The molecule has 0 spiro atoms. The number of carbonyl (C=O) groups is 1. The fraction of sp³-hybridized carbons (Fsp3) is 0.350. The molecule has 0 aliphatic heterocycles. The van der Waals surface area contributed by atoms with Crippen LogP contribution >= 0.6 is 11.3 Å². The lowest BCUT2D eigenvalue weighted by Crippen LogP contribution is -2.24. The fourth-order valence-corrected chi connectivity index (χ4v) is 3.85. The van der Waals surface area contributed by atoms with Gasteiger partial charge in [-0.1, -0.05) is 37.6 Å². The Kier molecular flexibility index (Phi) is 5.13. The molecule has 0 atom stereocenters.